The Morgan fingerprint density at radius 2 is 1.83 bits per heavy atom. The Hall–Kier alpha value is -3.53. The third-order valence-corrected chi connectivity index (χ3v) is 8.82. The maximum atomic E-state index is 13.5. The van der Waals surface area contributed by atoms with E-state index in [0.29, 0.717) is 44.4 Å². The molecule has 0 aliphatic carbocycles. The van der Waals surface area contributed by atoms with E-state index in [2.05, 4.69) is 36.9 Å². The van der Waals surface area contributed by atoms with E-state index >= 15 is 0 Å². The highest BCUT2D eigenvalue weighted by Gasteiger charge is 2.34. The number of piperazine rings is 1. The Morgan fingerprint density at radius 3 is 2.51 bits per heavy atom. The van der Waals surface area contributed by atoms with Gasteiger partial charge in [0.25, 0.3) is 5.91 Å². The number of aryl methyl sites for hydroxylation is 1. The third-order valence-electron chi connectivity index (χ3n) is 7.64. The van der Waals surface area contributed by atoms with Gasteiger partial charge in [-0.1, -0.05) is 49.4 Å². The number of carbonyl (C=O) groups excluding carboxylic acids is 1. The summed E-state index contributed by atoms with van der Waals surface area (Å²) in [5.41, 5.74) is 2.95. The lowest BCUT2D eigenvalue weighted by atomic mass is 10.0. The van der Waals surface area contributed by atoms with Gasteiger partial charge in [0.2, 0.25) is 0 Å². The number of thiophene rings is 1. The van der Waals surface area contributed by atoms with Crippen LogP contribution in [0.3, 0.4) is 0 Å². The molecule has 214 valence electrons. The molecule has 2 atom stereocenters. The lowest BCUT2D eigenvalue weighted by Gasteiger charge is -2.40. The zero-order chi connectivity index (χ0) is 28.6. The molecule has 6 rings (SSSR count). The first-order valence-electron chi connectivity index (χ1n) is 14.3. The maximum absolute atomic E-state index is 13.5. The molecule has 0 saturated carbocycles. The fraction of sp³-hybridized carbons (Fsp3) is 0.406. The molecule has 2 aromatic heterocycles. The summed E-state index contributed by atoms with van der Waals surface area (Å²) in [7, 11) is 0. The van der Waals surface area contributed by atoms with Crippen molar-refractivity contribution in [3.8, 4) is 17.1 Å². The number of hydrogen-bond acceptors (Lipinski definition) is 8. The zero-order valence-electron chi connectivity index (χ0n) is 24.0. The van der Waals surface area contributed by atoms with Crippen molar-refractivity contribution >= 4 is 33.3 Å². The number of nitrogens with zero attached hydrogens (tertiary/aromatic N) is 4. The van der Waals surface area contributed by atoms with Gasteiger partial charge in [-0.2, -0.15) is 9.97 Å². The second-order valence-electron chi connectivity index (χ2n) is 11.1. The SMILES string of the molecule is CCc1cc2c(N3CCN(C(=O)c4ccc(-c5ccccc5)cc4)[C@@H](C)C3)nc(OC[C@H]3COC(C)(C)O3)nc2s1. The van der Waals surface area contributed by atoms with Crippen LogP contribution < -0.4 is 9.64 Å². The van der Waals surface area contributed by atoms with Gasteiger partial charge in [0, 0.05) is 36.1 Å². The smallest absolute Gasteiger partial charge is 0.319 e. The summed E-state index contributed by atoms with van der Waals surface area (Å²) in [6.07, 6.45) is 0.763. The van der Waals surface area contributed by atoms with Gasteiger partial charge in [-0.05, 0) is 56.5 Å². The zero-order valence-corrected chi connectivity index (χ0v) is 24.8. The van der Waals surface area contributed by atoms with Gasteiger partial charge in [0.05, 0.1) is 12.0 Å². The molecule has 2 aromatic carbocycles. The molecule has 4 aromatic rings. The lowest BCUT2D eigenvalue weighted by molar-refractivity contribution is -0.141. The quantitative estimate of drug-likeness (QED) is 0.277. The van der Waals surface area contributed by atoms with E-state index in [1.165, 1.54) is 4.88 Å². The van der Waals surface area contributed by atoms with Crippen LogP contribution in [0.4, 0.5) is 5.82 Å². The Kier molecular flexibility index (Phi) is 7.68. The topological polar surface area (TPSA) is 77.0 Å². The number of ether oxygens (including phenoxy) is 3. The highest BCUT2D eigenvalue weighted by molar-refractivity contribution is 7.18. The normalized spacial score (nSPS) is 20.5. The number of anilines is 1. The summed E-state index contributed by atoms with van der Waals surface area (Å²) in [5.74, 6) is 0.306. The van der Waals surface area contributed by atoms with E-state index in [1.807, 2.05) is 61.2 Å². The molecule has 1 amide bonds. The molecule has 4 heterocycles. The number of rotatable bonds is 7. The third kappa shape index (κ3) is 5.93. The van der Waals surface area contributed by atoms with E-state index in [9.17, 15) is 4.79 Å². The minimum atomic E-state index is -0.606. The first-order chi connectivity index (χ1) is 19.8. The monoisotopic (exact) mass is 572 g/mol. The van der Waals surface area contributed by atoms with Crippen LogP contribution in [-0.4, -0.2) is 71.6 Å². The Bertz CT molecular complexity index is 1520. The summed E-state index contributed by atoms with van der Waals surface area (Å²) >= 11 is 1.67. The summed E-state index contributed by atoms with van der Waals surface area (Å²) in [5, 5.41) is 1.03. The molecule has 2 saturated heterocycles. The van der Waals surface area contributed by atoms with E-state index in [0.717, 1.165) is 33.6 Å². The largest absolute Gasteiger partial charge is 0.461 e. The van der Waals surface area contributed by atoms with Crippen LogP contribution in [0.5, 0.6) is 6.01 Å². The summed E-state index contributed by atoms with van der Waals surface area (Å²) < 4.78 is 17.6. The van der Waals surface area contributed by atoms with Crippen LogP contribution in [0.1, 0.15) is 42.9 Å². The molecule has 41 heavy (non-hydrogen) atoms. The van der Waals surface area contributed by atoms with Gasteiger partial charge in [0.15, 0.2) is 5.79 Å². The number of carbonyl (C=O) groups is 1. The minimum Gasteiger partial charge on any atom is -0.461 e. The van der Waals surface area contributed by atoms with Gasteiger partial charge in [0.1, 0.15) is 23.4 Å². The average molecular weight is 573 g/mol. The molecule has 2 aliphatic rings. The highest BCUT2D eigenvalue weighted by Crippen LogP contribution is 2.34. The molecule has 9 heteroatoms. The van der Waals surface area contributed by atoms with Gasteiger partial charge in [-0.3, -0.25) is 4.79 Å². The van der Waals surface area contributed by atoms with Gasteiger partial charge in [-0.15, -0.1) is 11.3 Å². The minimum absolute atomic E-state index is 0.00924. The molecule has 0 bridgehead atoms. The predicted octanol–water partition coefficient (Wildman–Crippen LogP) is 5.80. The van der Waals surface area contributed by atoms with Crippen molar-refractivity contribution in [1.29, 1.82) is 0 Å². The maximum Gasteiger partial charge on any atom is 0.319 e. The van der Waals surface area contributed by atoms with E-state index < -0.39 is 5.79 Å². The van der Waals surface area contributed by atoms with E-state index in [1.54, 1.807) is 11.3 Å². The van der Waals surface area contributed by atoms with Crippen molar-refractivity contribution in [2.45, 2.75) is 52.0 Å². The molecule has 2 aliphatic heterocycles. The Morgan fingerprint density at radius 1 is 1.07 bits per heavy atom. The van der Waals surface area contributed by atoms with Gasteiger partial charge >= 0.3 is 6.01 Å². The summed E-state index contributed by atoms with van der Waals surface area (Å²) in [4.78, 5) is 29.5. The highest BCUT2D eigenvalue weighted by atomic mass is 32.1. The molecule has 0 radical (unpaired) electrons. The molecule has 0 N–H and O–H groups in total. The Balaban J connectivity index is 1.18. The molecule has 0 unspecified atom stereocenters. The second kappa shape index (κ2) is 11.4. The second-order valence-corrected chi connectivity index (χ2v) is 12.2. The first-order valence-corrected chi connectivity index (χ1v) is 15.1. The number of hydrogen-bond donors (Lipinski definition) is 0. The fourth-order valence-electron chi connectivity index (χ4n) is 5.48. The van der Waals surface area contributed by atoms with E-state index in [-0.39, 0.29) is 18.1 Å². The van der Waals surface area contributed by atoms with Gasteiger partial charge in [-0.25, -0.2) is 0 Å². The van der Waals surface area contributed by atoms with Crippen molar-refractivity contribution in [3.63, 3.8) is 0 Å². The Labute approximate surface area is 244 Å². The van der Waals surface area contributed by atoms with Crippen LogP contribution in [0.15, 0.2) is 60.7 Å². The van der Waals surface area contributed by atoms with Crippen LogP contribution in [0.2, 0.25) is 0 Å². The molecule has 2 fully saturated rings. The lowest BCUT2D eigenvalue weighted by Crippen LogP contribution is -2.54. The first kappa shape index (κ1) is 27.6. The van der Waals surface area contributed by atoms with Crippen LogP contribution >= 0.6 is 11.3 Å². The number of amides is 1. The van der Waals surface area contributed by atoms with Crippen molar-refractivity contribution in [2.24, 2.45) is 0 Å². The van der Waals surface area contributed by atoms with Crippen LogP contribution in [0, 0.1) is 0 Å². The fourth-order valence-corrected chi connectivity index (χ4v) is 6.44. The van der Waals surface area contributed by atoms with Crippen LogP contribution in [-0.2, 0) is 15.9 Å². The number of fused-ring (bicyclic) bond motifs is 1. The van der Waals surface area contributed by atoms with Gasteiger partial charge < -0.3 is 24.0 Å². The predicted molar refractivity (Wildman–Crippen MR) is 162 cm³/mol. The van der Waals surface area contributed by atoms with Crippen molar-refractivity contribution in [1.82, 2.24) is 14.9 Å². The summed E-state index contributed by atoms with van der Waals surface area (Å²) in [6, 6.07) is 20.6. The molecular formula is C32H36N4O4S. The number of aromatic nitrogens is 2. The standard InChI is InChI=1S/C32H36N4O4S/c1-5-26-17-27-28(33-31(34-29(27)41-26)38-19-25-20-39-32(3,4)40-25)35-15-16-36(21(2)18-35)30(37)24-13-11-23(12-14-24)22-9-7-6-8-10-22/h6-14,17,21,25H,5,15-16,18-20H2,1-4H3/t21-,25-/m0/s1. The number of benzene rings is 2. The molecule has 8 nitrogen and oxygen atoms in total. The average Bonchev–Trinajstić information content (AvgIpc) is 3.57. The molecule has 0 spiro atoms. The van der Waals surface area contributed by atoms with Crippen molar-refractivity contribution < 1.29 is 19.0 Å². The summed E-state index contributed by atoms with van der Waals surface area (Å²) in [6.45, 7) is 10.8. The van der Waals surface area contributed by atoms with Crippen molar-refractivity contribution in [3.05, 3.63) is 71.1 Å². The molecular weight excluding hydrogens is 536 g/mol. The van der Waals surface area contributed by atoms with E-state index in [4.69, 9.17) is 24.2 Å². The van der Waals surface area contributed by atoms with Crippen molar-refractivity contribution in [2.75, 3.05) is 37.7 Å². The van der Waals surface area contributed by atoms with Crippen LogP contribution in [0.25, 0.3) is 21.3 Å².